The van der Waals surface area contributed by atoms with Gasteiger partial charge in [0, 0.05) is 17.5 Å². The molecule has 0 aromatic heterocycles. The van der Waals surface area contributed by atoms with E-state index in [1.54, 1.807) is 0 Å². The summed E-state index contributed by atoms with van der Waals surface area (Å²) >= 11 is 17.8. The minimum absolute atomic E-state index is 0.0786. The van der Waals surface area contributed by atoms with Gasteiger partial charge >= 0.3 is 0 Å². The van der Waals surface area contributed by atoms with Crippen molar-refractivity contribution in [3.05, 3.63) is 27.2 Å². The van der Waals surface area contributed by atoms with Crippen molar-refractivity contribution in [3.63, 3.8) is 0 Å². The van der Waals surface area contributed by atoms with Gasteiger partial charge in [0.2, 0.25) is 5.91 Å². The Balaban J connectivity index is 2.68. The van der Waals surface area contributed by atoms with E-state index in [4.69, 9.17) is 40.5 Å². The Kier molecular flexibility index (Phi) is 6.14. The lowest BCUT2D eigenvalue weighted by Gasteiger charge is -2.22. The van der Waals surface area contributed by atoms with Crippen LogP contribution in [0.3, 0.4) is 0 Å². The smallest absolute Gasteiger partial charge is 0.226 e. The van der Waals surface area contributed by atoms with E-state index in [9.17, 15) is 4.79 Å². The molecule has 0 saturated carbocycles. The van der Waals surface area contributed by atoms with Gasteiger partial charge in [-0.2, -0.15) is 0 Å². The number of hydrogen-bond donors (Lipinski definition) is 2. The van der Waals surface area contributed by atoms with Crippen LogP contribution in [0.2, 0.25) is 15.1 Å². The fourth-order valence-corrected chi connectivity index (χ4v) is 2.86. The maximum atomic E-state index is 12.0. The topological polar surface area (TPSA) is 55.1 Å². The van der Waals surface area contributed by atoms with Crippen molar-refractivity contribution in [2.75, 3.05) is 5.32 Å². The van der Waals surface area contributed by atoms with Crippen molar-refractivity contribution in [1.29, 1.82) is 0 Å². The van der Waals surface area contributed by atoms with Crippen LogP contribution in [0, 0.1) is 5.41 Å². The first-order chi connectivity index (χ1) is 9.08. The van der Waals surface area contributed by atoms with Crippen LogP contribution in [0.25, 0.3) is 0 Å². The van der Waals surface area contributed by atoms with Crippen molar-refractivity contribution in [3.8, 4) is 0 Å². The SMILES string of the molecule is CC(C)(C)CC(N)CC(=O)Nc1c(Cl)cc(Cl)cc1Cl. The first kappa shape index (κ1) is 17.6. The van der Waals surface area contributed by atoms with Crippen molar-refractivity contribution in [2.24, 2.45) is 11.1 Å². The molecule has 0 radical (unpaired) electrons. The Morgan fingerprint density at radius 1 is 1.25 bits per heavy atom. The molecule has 0 aliphatic rings. The number of rotatable bonds is 4. The van der Waals surface area contributed by atoms with Crippen LogP contribution in [0.1, 0.15) is 33.6 Å². The zero-order chi connectivity index (χ0) is 15.5. The van der Waals surface area contributed by atoms with Gasteiger partial charge in [-0.1, -0.05) is 55.6 Å². The molecule has 1 atom stereocenters. The maximum Gasteiger partial charge on any atom is 0.226 e. The summed E-state index contributed by atoms with van der Waals surface area (Å²) in [6, 6.07) is 2.85. The van der Waals surface area contributed by atoms with Gasteiger partial charge in [-0.3, -0.25) is 4.79 Å². The van der Waals surface area contributed by atoms with E-state index in [1.165, 1.54) is 12.1 Å². The van der Waals surface area contributed by atoms with E-state index in [0.29, 0.717) is 20.8 Å². The average Bonchev–Trinajstić information content (AvgIpc) is 2.20. The Morgan fingerprint density at radius 2 is 1.75 bits per heavy atom. The zero-order valence-electron chi connectivity index (χ0n) is 11.8. The van der Waals surface area contributed by atoms with Crippen molar-refractivity contribution < 1.29 is 4.79 Å². The van der Waals surface area contributed by atoms with E-state index in [-0.39, 0.29) is 23.8 Å². The van der Waals surface area contributed by atoms with Crippen LogP contribution in [0.4, 0.5) is 5.69 Å². The van der Waals surface area contributed by atoms with Gasteiger partial charge in [-0.25, -0.2) is 0 Å². The molecule has 112 valence electrons. The lowest BCUT2D eigenvalue weighted by molar-refractivity contribution is -0.116. The van der Waals surface area contributed by atoms with Gasteiger partial charge in [0.1, 0.15) is 0 Å². The van der Waals surface area contributed by atoms with Crippen molar-refractivity contribution in [2.45, 2.75) is 39.7 Å². The summed E-state index contributed by atoms with van der Waals surface area (Å²) in [6.07, 6.45) is 0.967. The summed E-state index contributed by atoms with van der Waals surface area (Å²) in [7, 11) is 0. The normalized spacial score (nSPS) is 13.2. The van der Waals surface area contributed by atoms with Gasteiger partial charge < -0.3 is 11.1 Å². The number of nitrogens with two attached hydrogens (primary N) is 1. The number of hydrogen-bond acceptors (Lipinski definition) is 2. The van der Waals surface area contributed by atoms with Crippen LogP contribution >= 0.6 is 34.8 Å². The van der Waals surface area contributed by atoms with Crippen LogP contribution in [0.15, 0.2) is 12.1 Å². The summed E-state index contributed by atoms with van der Waals surface area (Å²) in [6.45, 7) is 6.24. The predicted molar refractivity (Wildman–Crippen MR) is 86.8 cm³/mol. The molecule has 0 saturated heterocycles. The monoisotopic (exact) mass is 336 g/mol. The maximum absolute atomic E-state index is 12.0. The highest BCUT2D eigenvalue weighted by molar-refractivity contribution is 6.42. The average molecular weight is 338 g/mol. The van der Waals surface area contributed by atoms with Gasteiger partial charge in [-0.15, -0.1) is 0 Å². The third-order valence-corrected chi connectivity index (χ3v) is 3.41. The fourth-order valence-electron chi connectivity index (χ4n) is 1.95. The molecular formula is C14H19Cl3N2O. The molecule has 0 bridgehead atoms. The van der Waals surface area contributed by atoms with Crippen LogP contribution in [0.5, 0.6) is 0 Å². The largest absolute Gasteiger partial charge is 0.327 e. The number of anilines is 1. The highest BCUT2D eigenvalue weighted by Gasteiger charge is 2.19. The summed E-state index contributed by atoms with van der Waals surface area (Å²) in [4.78, 5) is 12.0. The van der Waals surface area contributed by atoms with E-state index >= 15 is 0 Å². The highest BCUT2D eigenvalue weighted by atomic mass is 35.5. The molecule has 0 spiro atoms. The highest BCUT2D eigenvalue weighted by Crippen LogP contribution is 2.33. The molecule has 3 nitrogen and oxygen atoms in total. The number of benzene rings is 1. The third-order valence-electron chi connectivity index (χ3n) is 2.59. The second-order valence-electron chi connectivity index (χ2n) is 6.02. The molecular weight excluding hydrogens is 319 g/mol. The molecule has 1 rings (SSSR count). The Morgan fingerprint density at radius 3 is 2.20 bits per heavy atom. The van der Waals surface area contributed by atoms with Gasteiger partial charge in [0.25, 0.3) is 0 Å². The Labute approximate surface area is 134 Å². The quantitative estimate of drug-likeness (QED) is 0.833. The number of nitrogens with one attached hydrogen (secondary N) is 1. The number of carbonyl (C=O) groups excluding carboxylic acids is 1. The number of amides is 1. The molecule has 1 aromatic carbocycles. The van der Waals surface area contributed by atoms with E-state index in [2.05, 4.69) is 26.1 Å². The predicted octanol–water partition coefficient (Wildman–Crippen LogP) is 4.74. The first-order valence-electron chi connectivity index (χ1n) is 6.28. The summed E-state index contributed by atoms with van der Waals surface area (Å²) in [5, 5.41) is 3.71. The number of carbonyl (C=O) groups is 1. The molecule has 1 unspecified atom stereocenters. The first-order valence-corrected chi connectivity index (χ1v) is 7.42. The second-order valence-corrected chi connectivity index (χ2v) is 7.27. The summed E-state index contributed by atoms with van der Waals surface area (Å²) < 4.78 is 0. The summed E-state index contributed by atoms with van der Waals surface area (Å²) in [5.74, 6) is -0.215. The van der Waals surface area contributed by atoms with Gasteiger partial charge in [0.15, 0.2) is 0 Å². The Bertz CT molecular complexity index is 475. The minimum atomic E-state index is -0.215. The Hall–Kier alpha value is -0.480. The molecule has 20 heavy (non-hydrogen) atoms. The second kappa shape index (κ2) is 6.99. The molecule has 1 amide bonds. The lowest BCUT2D eigenvalue weighted by atomic mass is 9.87. The molecule has 0 fully saturated rings. The lowest BCUT2D eigenvalue weighted by Crippen LogP contribution is -2.31. The molecule has 0 aliphatic heterocycles. The van der Waals surface area contributed by atoms with Crippen molar-refractivity contribution in [1.82, 2.24) is 0 Å². The number of halogens is 3. The minimum Gasteiger partial charge on any atom is -0.327 e. The van der Waals surface area contributed by atoms with Gasteiger partial charge in [0.05, 0.1) is 15.7 Å². The summed E-state index contributed by atoms with van der Waals surface area (Å²) in [5.41, 5.74) is 6.41. The molecule has 1 aromatic rings. The third kappa shape index (κ3) is 5.88. The zero-order valence-corrected chi connectivity index (χ0v) is 14.0. The van der Waals surface area contributed by atoms with E-state index in [1.807, 2.05) is 0 Å². The van der Waals surface area contributed by atoms with Crippen molar-refractivity contribution >= 4 is 46.4 Å². The standard InChI is InChI=1S/C14H19Cl3N2O/c1-14(2,3)7-9(18)6-12(20)19-13-10(16)4-8(15)5-11(13)17/h4-5,9H,6-7,18H2,1-3H3,(H,19,20). The molecule has 0 aliphatic carbocycles. The molecule has 3 N–H and O–H groups in total. The van der Waals surface area contributed by atoms with Gasteiger partial charge in [-0.05, 0) is 24.0 Å². The fraction of sp³-hybridized carbons (Fsp3) is 0.500. The van der Waals surface area contributed by atoms with Crippen LogP contribution in [-0.4, -0.2) is 11.9 Å². The van der Waals surface area contributed by atoms with E-state index in [0.717, 1.165) is 6.42 Å². The van der Waals surface area contributed by atoms with Crippen LogP contribution in [-0.2, 0) is 4.79 Å². The molecule has 0 heterocycles. The molecule has 6 heteroatoms. The van der Waals surface area contributed by atoms with Crippen LogP contribution < -0.4 is 11.1 Å². The van der Waals surface area contributed by atoms with E-state index < -0.39 is 0 Å².